The third-order valence-electron chi connectivity index (χ3n) is 2.34. The minimum atomic E-state index is -0.646. The molecule has 1 aromatic carbocycles. The van der Waals surface area contributed by atoms with Crippen LogP contribution in [0, 0.1) is 5.82 Å². The van der Waals surface area contributed by atoms with Crippen LogP contribution >= 0.6 is 11.6 Å². The van der Waals surface area contributed by atoms with Crippen molar-refractivity contribution in [1.82, 2.24) is 10.3 Å². The van der Waals surface area contributed by atoms with Gasteiger partial charge < -0.3 is 10.1 Å². The molecule has 2 aromatic rings. The third-order valence-corrected chi connectivity index (χ3v) is 2.64. The number of hydrogen-bond acceptors (Lipinski definition) is 3. The van der Waals surface area contributed by atoms with Crippen LogP contribution in [0.1, 0.15) is 0 Å². The number of rotatable bonds is 3. The van der Waals surface area contributed by atoms with Gasteiger partial charge in [-0.15, -0.1) is 0 Å². The highest BCUT2D eigenvalue weighted by Crippen LogP contribution is 2.29. The molecule has 2 rings (SSSR count). The molecule has 0 saturated heterocycles. The van der Waals surface area contributed by atoms with Crippen molar-refractivity contribution in [2.24, 2.45) is 0 Å². The second kappa shape index (κ2) is 6.21. The van der Waals surface area contributed by atoms with Crippen molar-refractivity contribution in [2.75, 3.05) is 12.4 Å². The van der Waals surface area contributed by atoms with Gasteiger partial charge in [-0.1, -0.05) is 17.7 Å². The Kier molecular flexibility index (Phi) is 4.37. The number of hydrogen-bond donors (Lipinski definition) is 2. The number of halogens is 2. The summed E-state index contributed by atoms with van der Waals surface area (Å²) < 4.78 is 19.1. The van der Waals surface area contributed by atoms with Crippen LogP contribution in [0.25, 0.3) is 0 Å². The van der Waals surface area contributed by atoms with E-state index < -0.39 is 11.8 Å². The first-order valence-corrected chi connectivity index (χ1v) is 6.04. The van der Waals surface area contributed by atoms with Crippen LogP contribution in [0.2, 0.25) is 5.02 Å². The van der Waals surface area contributed by atoms with E-state index in [1.165, 1.54) is 37.5 Å². The quantitative estimate of drug-likeness (QED) is 0.912. The molecule has 0 spiro atoms. The van der Waals surface area contributed by atoms with E-state index in [1.807, 2.05) is 0 Å². The minimum Gasteiger partial charge on any atom is -0.454 e. The molecule has 20 heavy (non-hydrogen) atoms. The van der Waals surface area contributed by atoms with Gasteiger partial charge in [-0.3, -0.25) is 5.32 Å². The molecular formula is C13H11ClFN3O2. The zero-order chi connectivity index (χ0) is 14.5. The van der Waals surface area contributed by atoms with Crippen molar-refractivity contribution in [3.63, 3.8) is 0 Å². The van der Waals surface area contributed by atoms with Crippen molar-refractivity contribution >= 4 is 23.4 Å². The standard InChI is InChI=1S/C13H11ClFN3O2/c1-16-13(19)18-11-7-8(5-6-17-11)20-10-4-2-3-9(14)12(10)15/h2-7H,1H3,(H2,16,17,18,19). The second-order valence-electron chi connectivity index (χ2n) is 3.73. The van der Waals surface area contributed by atoms with Crippen LogP contribution in [0.3, 0.4) is 0 Å². The summed E-state index contributed by atoms with van der Waals surface area (Å²) in [5.41, 5.74) is 0. The lowest BCUT2D eigenvalue weighted by Crippen LogP contribution is -2.24. The van der Waals surface area contributed by atoms with E-state index in [1.54, 1.807) is 6.07 Å². The summed E-state index contributed by atoms with van der Waals surface area (Å²) in [5, 5.41) is 4.85. The van der Waals surface area contributed by atoms with Gasteiger partial charge in [0.15, 0.2) is 11.6 Å². The first kappa shape index (κ1) is 14.1. The molecule has 2 amide bonds. The van der Waals surface area contributed by atoms with Gasteiger partial charge in [0.05, 0.1) is 5.02 Å². The molecular weight excluding hydrogens is 285 g/mol. The number of anilines is 1. The van der Waals surface area contributed by atoms with E-state index >= 15 is 0 Å². The van der Waals surface area contributed by atoms with E-state index in [4.69, 9.17) is 16.3 Å². The number of carbonyl (C=O) groups excluding carboxylic acids is 1. The zero-order valence-electron chi connectivity index (χ0n) is 10.5. The van der Waals surface area contributed by atoms with Crippen molar-refractivity contribution in [3.8, 4) is 11.5 Å². The maximum Gasteiger partial charge on any atom is 0.320 e. The van der Waals surface area contributed by atoms with E-state index in [9.17, 15) is 9.18 Å². The Morgan fingerprint density at radius 2 is 2.20 bits per heavy atom. The lowest BCUT2D eigenvalue weighted by molar-refractivity contribution is 0.254. The Balaban J connectivity index is 2.19. The van der Waals surface area contributed by atoms with Gasteiger partial charge in [0.25, 0.3) is 0 Å². The van der Waals surface area contributed by atoms with E-state index in [0.717, 1.165) is 0 Å². The molecule has 1 heterocycles. The fraction of sp³-hybridized carbons (Fsp3) is 0.0769. The number of urea groups is 1. The van der Waals surface area contributed by atoms with Gasteiger partial charge in [0, 0.05) is 19.3 Å². The van der Waals surface area contributed by atoms with Crippen LogP contribution < -0.4 is 15.4 Å². The topological polar surface area (TPSA) is 63.2 Å². The summed E-state index contributed by atoms with van der Waals surface area (Å²) in [6, 6.07) is 7.04. The van der Waals surface area contributed by atoms with Crippen molar-refractivity contribution in [3.05, 3.63) is 47.4 Å². The SMILES string of the molecule is CNC(=O)Nc1cc(Oc2cccc(Cl)c2F)ccn1. The number of nitrogens with zero attached hydrogens (tertiary/aromatic N) is 1. The van der Waals surface area contributed by atoms with Gasteiger partial charge in [0.1, 0.15) is 11.6 Å². The molecule has 0 bridgehead atoms. The molecule has 1 aromatic heterocycles. The lowest BCUT2D eigenvalue weighted by atomic mass is 10.3. The second-order valence-corrected chi connectivity index (χ2v) is 4.14. The molecule has 0 aliphatic rings. The highest BCUT2D eigenvalue weighted by molar-refractivity contribution is 6.30. The summed E-state index contributed by atoms with van der Waals surface area (Å²) in [4.78, 5) is 15.1. The van der Waals surface area contributed by atoms with Crippen molar-refractivity contribution < 1.29 is 13.9 Å². The average molecular weight is 296 g/mol. The van der Waals surface area contributed by atoms with E-state index in [0.29, 0.717) is 5.75 Å². The molecule has 0 unspecified atom stereocenters. The number of amides is 2. The molecule has 0 saturated carbocycles. The molecule has 7 heteroatoms. The number of carbonyl (C=O) groups is 1. The van der Waals surface area contributed by atoms with Gasteiger partial charge in [-0.05, 0) is 18.2 Å². The fourth-order valence-electron chi connectivity index (χ4n) is 1.41. The number of nitrogens with one attached hydrogen (secondary N) is 2. The Bertz CT molecular complexity index is 637. The maximum atomic E-state index is 13.7. The first-order chi connectivity index (χ1) is 9.60. The lowest BCUT2D eigenvalue weighted by Gasteiger charge is -2.09. The molecule has 5 nitrogen and oxygen atoms in total. The molecule has 0 aliphatic carbocycles. The maximum absolute atomic E-state index is 13.7. The van der Waals surface area contributed by atoms with Crippen LogP contribution in [0.4, 0.5) is 15.0 Å². The van der Waals surface area contributed by atoms with Crippen LogP contribution in [-0.4, -0.2) is 18.1 Å². The largest absolute Gasteiger partial charge is 0.454 e. The predicted molar refractivity (Wildman–Crippen MR) is 73.8 cm³/mol. The highest BCUT2D eigenvalue weighted by Gasteiger charge is 2.09. The molecule has 0 aliphatic heterocycles. The predicted octanol–water partition coefficient (Wildman–Crippen LogP) is 3.42. The number of aromatic nitrogens is 1. The third kappa shape index (κ3) is 3.36. The fourth-order valence-corrected chi connectivity index (χ4v) is 1.58. The summed E-state index contributed by atoms with van der Waals surface area (Å²) >= 11 is 5.67. The Morgan fingerprint density at radius 3 is 2.95 bits per heavy atom. The Morgan fingerprint density at radius 1 is 1.40 bits per heavy atom. The Hall–Kier alpha value is -2.34. The molecule has 0 atom stereocenters. The zero-order valence-corrected chi connectivity index (χ0v) is 11.2. The summed E-state index contributed by atoms with van der Waals surface area (Å²) in [6.45, 7) is 0. The molecule has 0 fully saturated rings. The van der Waals surface area contributed by atoms with Crippen LogP contribution in [-0.2, 0) is 0 Å². The van der Waals surface area contributed by atoms with Crippen LogP contribution in [0.15, 0.2) is 36.5 Å². The van der Waals surface area contributed by atoms with Gasteiger partial charge in [-0.2, -0.15) is 0 Å². The average Bonchev–Trinajstić information content (AvgIpc) is 2.44. The van der Waals surface area contributed by atoms with E-state index in [2.05, 4.69) is 15.6 Å². The molecule has 2 N–H and O–H groups in total. The first-order valence-electron chi connectivity index (χ1n) is 5.67. The summed E-state index contributed by atoms with van der Waals surface area (Å²) in [5.74, 6) is -0.0433. The van der Waals surface area contributed by atoms with Crippen molar-refractivity contribution in [1.29, 1.82) is 0 Å². The van der Waals surface area contributed by atoms with Crippen molar-refractivity contribution in [2.45, 2.75) is 0 Å². The van der Waals surface area contributed by atoms with Gasteiger partial charge in [-0.25, -0.2) is 14.2 Å². The number of pyridine rings is 1. The number of ether oxygens (including phenoxy) is 1. The monoisotopic (exact) mass is 295 g/mol. The smallest absolute Gasteiger partial charge is 0.320 e. The molecule has 104 valence electrons. The summed E-state index contributed by atoms with van der Waals surface area (Å²) in [6.07, 6.45) is 1.43. The number of benzene rings is 1. The minimum absolute atomic E-state index is 0.00501. The highest BCUT2D eigenvalue weighted by atomic mass is 35.5. The Labute approximate surface area is 119 Å². The summed E-state index contributed by atoms with van der Waals surface area (Å²) in [7, 11) is 1.48. The van der Waals surface area contributed by atoms with Gasteiger partial charge in [0.2, 0.25) is 0 Å². The van der Waals surface area contributed by atoms with E-state index in [-0.39, 0.29) is 16.6 Å². The van der Waals surface area contributed by atoms with Gasteiger partial charge >= 0.3 is 6.03 Å². The van der Waals surface area contributed by atoms with Crippen LogP contribution in [0.5, 0.6) is 11.5 Å². The normalized spacial score (nSPS) is 9.95. The molecule has 0 radical (unpaired) electrons.